The number of ether oxygens (including phenoxy) is 1. The highest BCUT2D eigenvalue weighted by molar-refractivity contribution is 5.95. The molecule has 1 N–H and O–H groups in total. The predicted molar refractivity (Wildman–Crippen MR) is 95.8 cm³/mol. The number of carbonyl (C=O) groups is 2. The van der Waals surface area contributed by atoms with Gasteiger partial charge in [0.1, 0.15) is 5.82 Å². The summed E-state index contributed by atoms with van der Waals surface area (Å²) in [4.78, 5) is 23.8. The summed E-state index contributed by atoms with van der Waals surface area (Å²) in [5.74, 6) is -0.797. The van der Waals surface area contributed by atoms with Crippen molar-refractivity contribution in [3.63, 3.8) is 0 Å². The van der Waals surface area contributed by atoms with E-state index in [1.54, 1.807) is 23.7 Å². The van der Waals surface area contributed by atoms with Crippen molar-refractivity contribution in [2.45, 2.75) is 39.5 Å². The lowest BCUT2D eigenvalue weighted by Crippen LogP contribution is -2.26. The topological polar surface area (TPSA) is 73.2 Å². The molecule has 1 amide bonds. The van der Waals surface area contributed by atoms with Gasteiger partial charge in [-0.25, -0.2) is 9.07 Å². The summed E-state index contributed by atoms with van der Waals surface area (Å²) in [5.41, 5.74) is 1.91. The van der Waals surface area contributed by atoms with Gasteiger partial charge in [-0.15, -0.1) is 0 Å². The molecule has 2 rings (SSSR count). The van der Waals surface area contributed by atoms with Crippen LogP contribution in [0, 0.1) is 5.82 Å². The van der Waals surface area contributed by atoms with E-state index in [4.69, 9.17) is 4.74 Å². The molecular formula is C19H24FN3O3. The van der Waals surface area contributed by atoms with Gasteiger partial charge < -0.3 is 10.1 Å². The summed E-state index contributed by atoms with van der Waals surface area (Å²) < 4.78 is 19.7. The normalized spacial score (nSPS) is 10.8. The molecule has 0 bridgehead atoms. The molecule has 0 aliphatic rings. The van der Waals surface area contributed by atoms with E-state index in [1.165, 1.54) is 18.3 Å². The lowest BCUT2D eigenvalue weighted by atomic mass is 10.0. The fourth-order valence-corrected chi connectivity index (χ4v) is 2.64. The Labute approximate surface area is 152 Å². The Morgan fingerprint density at radius 1 is 1.27 bits per heavy atom. The Kier molecular flexibility index (Phi) is 6.89. The van der Waals surface area contributed by atoms with Gasteiger partial charge in [0.05, 0.1) is 29.7 Å². The van der Waals surface area contributed by atoms with Crippen molar-refractivity contribution in [1.29, 1.82) is 0 Å². The molecule has 26 heavy (non-hydrogen) atoms. The molecule has 0 atom stereocenters. The number of esters is 1. The number of hydrogen-bond donors (Lipinski definition) is 1. The standard InChI is InChI=1S/C19H24FN3O3/c1-4-26-17(24)6-5-11-21-19(25)16-12-22-23(18(16)13(2)3)15-9-7-14(20)8-10-15/h7-10,12-13H,4-6,11H2,1-3H3,(H,21,25). The average molecular weight is 361 g/mol. The largest absolute Gasteiger partial charge is 0.466 e. The number of carbonyl (C=O) groups excluding carboxylic acids is 2. The minimum absolute atomic E-state index is 0.0443. The number of amides is 1. The summed E-state index contributed by atoms with van der Waals surface area (Å²) in [7, 11) is 0. The minimum Gasteiger partial charge on any atom is -0.466 e. The summed E-state index contributed by atoms with van der Waals surface area (Å²) in [6, 6.07) is 5.96. The number of halogens is 1. The highest BCUT2D eigenvalue weighted by atomic mass is 19.1. The molecule has 0 spiro atoms. The molecule has 7 heteroatoms. The van der Waals surface area contributed by atoms with E-state index in [9.17, 15) is 14.0 Å². The van der Waals surface area contributed by atoms with Gasteiger partial charge in [0.2, 0.25) is 0 Å². The fraction of sp³-hybridized carbons (Fsp3) is 0.421. The molecular weight excluding hydrogens is 337 g/mol. The van der Waals surface area contributed by atoms with Crippen LogP contribution in [0.3, 0.4) is 0 Å². The first kappa shape index (κ1) is 19.6. The predicted octanol–water partition coefficient (Wildman–Crippen LogP) is 3.21. The van der Waals surface area contributed by atoms with Crippen molar-refractivity contribution in [1.82, 2.24) is 15.1 Å². The molecule has 6 nitrogen and oxygen atoms in total. The third kappa shape index (κ3) is 4.91. The van der Waals surface area contributed by atoms with Crippen LogP contribution in [0.5, 0.6) is 0 Å². The molecule has 0 radical (unpaired) electrons. The highest BCUT2D eigenvalue weighted by Crippen LogP contribution is 2.23. The van der Waals surface area contributed by atoms with E-state index >= 15 is 0 Å². The number of aromatic nitrogens is 2. The van der Waals surface area contributed by atoms with E-state index < -0.39 is 0 Å². The van der Waals surface area contributed by atoms with Gasteiger partial charge in [-0.05, 0) is 43.5 Å². The van der Waals surface area contributed by atoms with Gasteiger partial charge in [-0.1, -0.05) is 13.8 Å². The molecule has 0 saturated carbocycles. The first-order valence-electron chi connectivity index (χ1n) is 8.71. The monoisotopic (exact) mass is 361 g/mol. The van der Waals surface area contributed by atoms with Crippen LogP contribution in [0.4, 0.5) is 4.39 Å². The SMILES string of the molecule is CCOC(=O)CCCNC(=O)c1cnn(-c2ccc(F)cc2)c1C(C)C. The van der Waals surface area contributed by atoms with Gasteiger partial charge in [0.15, 0.2) is 0 Å². The second-order valence-electron chi connectivity index (χ2n) is 6.15. The number of nitrogens with zero attached hydrogens (tertiary/aromatic N) is 2. The van der Waals surface area contributed by atoms with Crippen molar-refractivity contribution < 1.29 is 18.7 Å². The number of hydrogen-bond acceptors (Lipinski definition) is 4. The summed E-state index contributed by atoms with van der Waals surface area (Å²) >= 11 is 0. The van der Waals surface area contributed by atoms with Crippen LogP contribution in [0.2, 0.25) is 0 Å². The van der Waals surface area contributed by atoms with Crippen molar-refractivity contribution >= 4 is 11.9 Å². The minimum atomic E-state index is -0.327. The third-order valence-electron chi connectivity index (χ3n) is 3.82. The Bertz CT molecular complexity index is 754. The Hall–Kier alpha value is -2.70. The van der Waals surface area contributed by atoms with Crippen molar-refractivity contribution in [3.8, 4) is 5.69 Å². The first-order valence-corrected chi connectivity index (χ1v) is 8.71. The lowest BCUT2D eigenvalue weighted by molar-refractivity contribution is -0.143. The van der Waals surface area contributed by atoms with E-state index in [2.05, 4.69) is 10.4 Å². The van der Waals surface area contributed by atoms with Gasteiger partial charge in [0.25, 0.3) is 5.91 Å². The van der Waals surface area contributed by atoms with E-state index in [0.717, 1.165) is 5.69 Å². The zero-order chi connectivity index (χ0) is 19.1. The molecule has 1 aromatic carbocycles. The van der Waals surface area contributed by atoms with Crippen molar-refractivity contribution in [2.75, 3.05) is 13.2 Å². The molecule has 0 fully saturated rings. The maximum atomic E-state index is 13.1. The molecule has 0 unspecified atom stereocenters. The zero-order valence-corrected chi connectivity index (χ0v) is 15.3. The zero-order valence-electron chi connectivity index (χ0n) is 15.3. The third-order valence-corrected chi connectivity index (χ3v) is 3.82. The summed E-state index contributed by atoms with van der Waals surface area (Å²) in [6.07, 6.45) is 2.28. The van der Waals surface area contributed by atoms with Crippen LogP contribution in [-0.4, -0.2) is 34.8 Å². The second kappa shape index (κ2) is 9.12. The van der Waals surface area contributed by atoms with E-state index in [-0.39, 0.29) is 30.0 Å². The number of benzene rings is 1. The molecule has 0 aliphatic carbocycles. The fourth-order valence-electron chi connectivity index (χ4n) is 2.64. The quantitative estimate of drug-likeness (QED) is 0.579. The first-order chi connectivity index (χ1) is 12.4. The van der Waals surface area contributed by atoms with Gasteiger partial charge in [-0.2, -0.15) is 5.10 Å². The van der Waals surface area contributed by atoms with Crippen LogP contribution >= 0.6 is 0 Å². The number of nitrogens with one attached hydrogen (secondary N) is 1. The molecule has 2 aromatic rings. The van der Waals surface area contributed by atoms with Crippen molar-refractivity contribution in [2.24, 2.45) is 0 Å². The van der Waals surface area contributed by atoms with Crippen LogP contribution < -0.4 is 5.32 Å². The van der Waals surface area contributed by atoms with E-state index in [0.29, 0.717) is 30.8 Å². The van der Waals surface area contributed by atoms with Crippen molar-refractivity contribution in [3.05, 3.63) is 47.5 Å². The van der Waals surface area contributed by atoms with Crippen LogP contribution in [-0.2, 0) is 9.53 Å². The second-order valence-corrected chi connectivity index (χ2v) is 6.15. The molecule has 0 saturated heterocycles. The molecule has 1 aromatic heterocycles. The van der Waals surface area contributed by atoms with Crippen LogP contribution in [0.25, 0.3) is 5.69 Å². The molecule has 140 valence electrons. The van der Waals surface area contributed by atoms with Gasteiger partial charge >= 0.3 is 5.97 Å². The summed E-state index contributed by atoms with van der Waals surface area (Å²) in [5, 5.41) is 7.10. The Balaban J connectivity index is 2.08. The maximum absolute atomic E-state index is 13.1. The summed E-state index contributed by atoms with van der Waals surface area (Å²) in [6.45, 7) is 6.41. The molecule has 1 heterocycles. The van der Waals surface area contributed by atoms with Gasteiger partial charge in [-0.3, -0.25) is 9.59 Å². The number of rotatable bonds is 8. The Morgan fingerprint density at radius 3 is 2.58 bits per heavy atom. The Morgan fingerprint density at radius 2 is 1.96 bits per heavy atom. The van der Waals surface area contributed by atoms with Crippen LogP contribution in [0.15, 0.2) is 30.5 Å². The van der Waals surface area contributed by atoms with Gasteiger partial charge in [0, 0.05) is 13.0 Å². The highest BCUT2D eigenvalue weighted by Gasteiger charge is 2.20. The molecule has 0 aliphatic heterocycles. The smallest absolute Gasteiger partial charge is 0.305 e. The lowest BCUT2D eigenvalue weighted by Gasteiger charge is -2.13. The van der Waals surface area contributed by atoms with Crippen LogP contribution in [0.1, 0.15) is 55.6 Å². The maximum Gasteiger partial charge on any atom is 0.305 e. The van der Waals surface area contributed by atoms with E-state index in [1.807, 2.05) is 13.8 Å². The average Bonchev–Trinajstić information content (AvgIpc) is 3.05.